The first-order chi connectivity index (χ1) is 10.9. The Bertz CT molecular complexity index is 806. The van der Waals surface area contributed by atoms with Gasteiger partial charge < -0.3 is 0 Å². The highest BCUT2D eigenvalue weighted by atomic mass is 35.5. The maximum Gasteiger partial charge on any atom is 0.288 e. The molecule has 0 fully saturated rings. The zero-order valence-corrected chi connectivity index (χ0v) is 13.4. The zero-order valence-electron chi connectivity index (χ0n) is 11.9. The molecule has 0 saturated carbocycles. The first kappa shape index (κ1) is 16.9. The highest BCUT2D eigenvalue weighted by Gasteiger charge is 2.14. The van der Waals surface area contributed by atoms with Gasteiger partial charge in [-0.15, -0.1) is 0 Å². The molecule has 0 radical (unpaired) electrons. The van der Waals surface area contributed by atoms with Gasteiger partial charge in [0.1, 0.15) is 5.02 Å². The summed E-state index contributed by atoms with van der Waals surface area (Å²) in [6.45, 7) is 1.61. The highest BCUT2D eigenvalue weighted by molar-refractivity contribution is 6.34. The third kappa shape index (κ3) is 4.06. The SMILES string of the molecule is C/C(=N/NC(=O)c1ccccc1Cl)c1ccc(Cl)c([N+](=O)[O-])c1. The number of benzene rings is 2. The highest BCUT2D eigenvalue weighted by Crippen LogP contribution is 2.25. The van der Waals surface area contributed by atoms with Crippen LogP contribution in [-0.4, -0.2) is 16.5 Å². The van der Waals surface area contributed by atoms with E-state index < -0.39 is 10.8 Å². The molecule has 0 spiro atoms. The quantitative estimate of drug-likeness (QED) is 0.512. The number of halogens is 2. The Balaban J connectivity index is 2.21. The largest absolute Gasteiger partial charge is 0.288 e. The molecule has 0 aliphatic heterocycles. The topological polar surface area (TPSA) is 84.6 Å². The summed E-state index contributed by atoms with van der Waals surface area (Å²) >= 11 is 11.7. The Morgan fingerprint density at radius 1 is 1.17 bits per heavy atom. The number of nitrogens with one attached hydrogen (secondary N) is 1. The van der Waals surface area contributed by atoms with Crippen molar-refractivity contribution in [1.82, 2.24) is 5.43 Å². The Labute approximate surface area is 141 Å². The first-order valence-corrected chi connectivity index (χ1v) is 7.19. The van der Waals surface area contributed by atoms with Gasteiger partial charge in [-0.25, -0.2) is 5.43 Å². The second-order valence-corrected chi connectivity index (χ2v) is 5.36. The molecule has 0 heterocycles. The van der Waals surface area contributed by atoms with E-state index >= 15 is 0 Å². The van der Waals surface area contributed by atoms with Crippen molar-refractivity contribution in [2.24, 2.45) is 5.10 Å². The van der Waals surface area contributed by atoms with Crippen molar-refractivity contribution in [2.75, 3.05) is 0 Å². The lowest BCUT2D eigenvalue weighted by atomic mass is 10.1. The lowest BCUT2D eigenvalue weighted by molar-refractivity contribution is -0.384. The minimum Gasteiger partial charge on any atom is -0.267 e. The van der Waals surface area contributed by atoms with Crippen molar-refractivity contribution in [1.29, 1.82) is 0 Å². The third-order valence-electron chi connectivity index (χ3n) is 3.00. The monoisotopic (exact) mass is 351 g/mol. The van der Waals surface area contributed by atoms with E-state index in [-0.39, 0.29) is 16.3 Å². The van der Waals surface area contributed by atoms with Crippen LogP contribution in [0.3, 0.4) is 0 Å². The molecule has 0 aromatic heterocycles. The molecule has 118 valence electrons. The summed E-state index contributed by atoms with van der Waals surface area (Å²) in [6.07, 6.45) is 0. The number of nitro benzene ring substituents is 1. The Hall–Kier alpha value is -2.44. The number of rotatable bonds is 4. The molecule has 0 atom stereocenters. The molecular formula is C15H11Cl2N3O3. The maximum atomic E-state index is 12.0. The number of nitrogens with zero attached hydrogens (tertiary/aromatic N) is 2. The number of hydrogen-bond donors (Lipinski definition) is 1. The van der Waals surface area contributed by atoms with E-state index in [9.17, 15) is 14.9 Å². The van der Waals surface area contributed by atoms with Gasteiger partial charge in [-0.3, -0.25) is 14.9 Å². The van der Waals surface area contributed by atoms with E-state index in [1.165, 1.54) is 12.1 Å². The summed E-state index contributed by atoms with van der Waals surface area (Å²) in [6, 6.07) is 10.8. The normalized spacial score (nSPS) is 11.2. The van der Waals surface area contributed by atoms with Crippen LogP contribution in [0.5, 0.6) is 0 Å². The predicted molar refractivity (Wildman–Crippen MR) is 89.2 cm³/mol. The van der Waals surface area contributed by atoms with Crippen LogP contribution >= 0.6 is 23.2 Å². The number of carbonyl (C=O) groups is 1. The average Bonchev–Trinajstić information content (AvgIpc) is 2.52. The smallest absolute Gasteiger partial charge is 0.267 e. The molecule has 1 amide bonds. The Morgan fingerprint density at radius 2 is 1.87 bits per heavy atom. The zero-order chi connectivity index (χ0) is 17.0. The van der Waals surface area contributed by atoms with Gasteiger partial charge in [-0.05, 0) is 25.1 Å². The molecule has 8 heteroatoms. The van der Waals surface area contributed by atoms with Gasteiger partial charge in [-0.2, -0.15) is 5.10 Å². The van der Waals surface area contributed by atoms with E-state index in [0.29, 0.717) is 16.3 Å². The average molecular weight is 352 g/mol. The van der Waals surface area contributed by atoms with Crippen molar-refractivity contribution in [3.05, 3.63) is 73.8 Å². The second-order valence-electron chi connectivity index (χ2n) is 4.54. The van der Waals surface area contributed by atoms with Crippen molar-refractivity contribution < 1.29 is 9.72 Å². The van der Waals surface area contributed by atoms with Crippen LogP contribution < -0.4 is 5.43 Å². The van der Waals surface area contributed by atoms with Crippen LogP contribution in [0.4, 0.5) is 5.69 Å². The Kier molecular flexibility index (Phi) is 5.31. The van der Waals surface area contributed by atoms with Crippen molar-refractivity contribution >= 4 is 40.5 Å². The molecule has 0 aliphatic rings. The fourth-order valence-electron chi connectivity index (χ4n) is 1.78. The lowest BCUT2D eigenvalue weighted by Crippen LogP contribution is -2.19. The summed E-state index contributed by atoms with van der Waals surface area (Å²) in [5.41, 5.74) is 3.29. The number of nitro groups is 1. The summed E-state index contributed by atoms with van der Waals surface area (Å²) in [4.78, 5) is 22.3. The lowest BCUT2D eigenvalue weighted by Gasteiger charge is -2.05. The predicted octanol–water partition coefficient (Wildman–Crippen LogP) is 4.06. The van der Waals surface area contributed by atoms with Crippen molar-refractivity contribution in [2.45, 2.75) is 6.92 Å². The van der Waals surface area contributed by atoms with Crippen LogP contribution in [0.1, 0.15) is 22.8 Å². The van der Waals surface area contributed by atoms with Crippen LogP contribution in [0.25, 0.3) is 0 Å². The van der Waals surface area contributed by atoms with Gasteiger partial charge in [0.2, 0.25) is 0 Å². The van der Waals surface area contributed by atoms with E-state index in [4.69, 9.17) is 23.2 Å². The number of carbonyl (C=O) groups excluding carboxylic acids is 1. The first-order valence-electron chi connectivity index (χ1n) is 6.43. The third-order valence-corrected chi connectivity index (χ3v) is 3.65. The van der Waals surface area contributed by atoms with Gasteiger partial charge in [-0.1, -0.05) is 41.4 Å². The summed E-state index contributed by atoms with van der Waals surface area (Å²) < 4.78 is 0. The van der Waals surface area contributed by atoms with E-state index in [0.717, 1.165) is 0 Å². The van der Waals surface area contributed by atoms with Crippen molar-refractivity contribution in [3.63, 3.8) is 0 Å². The maximum absolute atomic E-state index is 12.0. The second kappa shape index (κ2) is 7.21. The van der Waals surface area contributed by atoms with Gasteiger partial charge in [0.25, 0.3) is 11.6 Å². The van der Waals surface area contributed by atoms with Gasteiger partial charge >= 0.3 is 0 Å². The van der Waals surface area contributed by atoms with Gasteiger partial charge in [0.05, 0.1) is 21.2 Å². The van der Waals surface area contributed by atoms with E-state index in [2.05, 4.69) is 10.5 Å². The summed E-state index contributed by atoms with van der Waals surface area (Å²) in [5, 5.41) is 15.2. The molecule has 23 heavy (non-hydrogen) atoms. The number of hydrazone groups is 1. The number of hydrogen-bond acceptors (Lipinski definition) is 4. The van der Waals surface area contributed by atoms with E-state index in [1.54, 1.807) is 37.3 Å². The molecule has 0 aliphatic carbocycles. The summed E-state index contributed by atoms with van der Waals surface area (Å²) in [5.74, 6) is -0.474. The molecule has 0 unspecified atom stereocenters. The molecular weight excluding hydrogens is 341 g/mol. The minimum absolute atomic E-state index is 0.0339. The molecule has 6 nitrogen and oxygen atoms in total. The minimum atomic E-state index is -0.582. The molecule has 0 bridgehead atoms. The number of amides is 1. The van der Waals surface area contributed by atoms with Gasteiger partial charge in [0.15, 0.2) is 0 Å². The fourth-order valence-corrected chi connectivity index (χ4v) is 2.19. The fraction of sp³-hybridized carbons (Fsp3) is 0.0667. The molecule has 2 aromatic carbocycles. The van der Waals surface area contributed by atoms with Crippen LogP contribution in [0, 0.1) is 10.1 Å². The molecule has 0 saturated heterocycles. The van der Waals surface area contributed by atoms with E-state index in [1.807, 2.05) is 0 Å². The van der Waals surface area contributed by atoms with Crippen LogP contribution in [0.2, 0.25) is 10.0 Å². The summed E-state index contributed by atoms with van der Waals surface area (Å²) in [7, 11) is 0. The van der Waals surface area contributed by atoms with Crippen LogP contribution in [-0.2, 0) is 0 Å². The molecule has 2 aromatic rings. The molecule has 1 N–H and O–H groups in total. The van der Waals surface area contributed by atoms with Crippen LogP contribution in [0.15, 0.2) is 47.6 Å². The Morgan fingerprint density at radius 3 is 2.52 bits per heavy atom. The standard InChI is InChI=1S/C15H11Cl2N3O3/c1-9(10-6-7-13(17)14(8-10)20(22)23)18-19-15(21)11-4-2-3-5-12(11)16/h2-8H,1H3,(H,19,21)/b18-9-. The van der Waals surface area contributed by atoms with Crippen molar-refractivity contribution in [3.8, 4) is 0 Å². The molecule has 2 rings (SSSR count). The van der Waals surface area contributed by atoms with Gasteiger partial charge in [0, 0.05) is 11.6 Å².